The number of aromatic nitrogens is 2. The molecule has 4 aromatic carbocycles. The molecule has 0 atom stereocenters. The van der Waals surface area contributed by atoms with Gasteiger partial charge in [-0.25, -0.2) is 4.98 Å². The number of hydrogen-bond donors (Lipinski definition) is 3. The second-order valence-electron chi connectivity index (χ2n) is 9.82. The topological polar surface area (TPSA) is 204 Å². The van der Waals surface area contributed by atoms with Crippen LogP contribution in [0.25, 0.3) is 34.0 Å². The first-order valence-electron chi connectivity index (χ1n) is 13.3. The van der Waals surface area contributed by atoms with Crippen molar-refractivity contribution in [3.63, 3.8) is 0 Å². The van der Waals surface area contributed by atoms with Gasteiger partial charge in [0.2, 0.25) is 0 Å². The number of pyridine rings is 1. The molecule has 0 bridgehead atoms. The maximum atomic E-state index is 14.0. The van der Waals surface area contributed by atoms with Gasteiger partial charge in [0.25, 0.3) is 25.8 Å². The van der Waals surface area contributed by atoms with E-state index in [0.717, 1.165) is 18.2 Å². The number of fused-ring (bicyclic) bond motifs is 3. The van der Waals surface area contributed by atoms with E-state index < -0.39 is 30.7 Å². The Bertz CT molecular complexity index is 2580. The molecule has 2 heterocycles. The molecular weight excluding hydrogens is 633 g/mol. The number of hydrogen-bond acceptors (Lipinski definition) is 10. The molecule has 2 aromatic heterocycles. The third kappa shape index (κ3) is 5.72. The van der Waals surface area contributed by atoms with E-state index in [1.165, 1.54) is 34.9 Å². The number of nitrogens with one attached hydrogen (secondary N) is 1. The third-order valence-electron chi connectivity index (χ3n) is 6.94. The first-order valence-corrected chi connectivity index (χ1v) is 16.1. The molecule has 0 saturated carbocycles. The second kappa shape index (κ2) is 11.6. The van der Waals surface area contributed by atoms with Gasteiger partial charge in [-0.05, 0) is 60.2 Å². The Labute approximate surface area is 260 Å². The van der Waals surface area contributed by atoms with Gasteiger partial charge in [0.15, 0.2) is 5.65 Å². The predicted octanol–water partition coefficient (Wildman–Crippen LogP) is 4.86. The number of anilines is 1. The smallest absolute Gasteiger partial charge is 0.296 e. The van der Waals surface area contributed by atoms with Crippen LogP contribution >= 0.6 is 0 Å². The molecule has 13 nitrogen and oxygen atoms in total. The SMILES string of the molecule is N#Cc1c(-c2ccccc2)/c(=C\Nc2ccc(/N=N\c3ccc(S(=O)(=O)O)cc3)cc2S(=O)(=O)O)c(=O)n2c1nc1ccccc12. The summed E-state index contributed by atoms with van der Waals surface area (Å²) in [7, 11) is -9.23. The Hall–Kier alpha value is -5.79. The summed E-state index contributed by atoms with van der Waals surface area (Å²) in [5, 5.41) is 21.0. The molecule has 0 radical (unpaired) electrons. The lowest BCUT2D eigenvalue weighted by atomic mass is 9.99. The van der Waals surface area contributed by atoms with Crippen LogP contribution in [0.4, 0.5) is 17.1 Å². The van der Waals surface area contributed by atoms with E-state index in [4.69, 9.17) is 4.55 Å². The van der Waals surface area contributed by atoms with Crippen LogP contribution in [0.2, 0.25) is 0 Å². The summed E-state index contributed by atoms with van der Waals surface area (Å²) < 4.78 is 67.8. The zero-order valence-corrected chi connectivity index (χ0v) is 24.9. The third-order valence-corrected chi connectivity index (χ3v) is 8.70. The van der Waals surface area contributed by atoms with Crippen LogP contribution in [-0.4, -0.2) is 35.3 Å². The van der Waals surface area contributed by atoms with Crippen molar-refractivity contribution in [3.05, 3.63) is 118 Å². The summed E-state index contributed by atoms with van der Waals surface area (Å²) in [6.45, 7) is 0. The first kappa shape index (κ1) is 30.2. The number of benzene rings is 4. The van der Waals surface area contributed by atoms with E-state index in [1.807, 2.05) is 0 Å². The zero-order valence-electron chi connectivity index (χ0n) is 23.3. The van der Waals surface area contributed by atoms with Crippen molar-refractivity contribution in [3.8, 4) is 17.2 Å². The lowest BCUT2D eigenvalue weighted by Crippen LogP contribution is -2.34. The molecule has 0 amide bonds. The number of imidazole rings is 1. The highest BCUT2D eigenvalue weighted by Gasteiger charge is 2.21. The zero-order chi connectivity index (χ0) is 32.6. The van der Waals surface area contributed by atoms with Crippen molar-refractivity contribution in [2.24, 2.45) is 10.2 Å². The van der Waals surface area contributed by atoms with E-state index in [2.05, 4.69) is 26.6 Å². The first-order chi connectivity index (χ1) is 22.0. The molecule has 0 aliphatic rings. The summed E-state index contributed by atoms with van der Waals surface area (Å²) in [5.41, 5.74) is 1.71. The van der Waals surface area contributed by atoms with Crippen molar-refractivity contribution in [2.75, 3.05) is 5.32 Å². The highest BCUT2D eigenvalue weighted by molar-refractivity contribution is 7.86. The molecule has 6 aromatic rings. The summed E-state index contributed by atoms with van der Waals surface area (Å²) in [6, 6.07) is 26.4. The number of para-hydroxylation sites is 2. The summed E-state index contributed by atoms with van der Waals surface area (Å²) in [6.07, 6.45) is 1.27. The summed E-state index contributed by atoms with van der Waals surface area (Å²) >= 11 is 0. The van der Waals surface area contributed by atoms with Gasteiger partial charge in [0, 0.05) is 11.8 Å². The van der Waals surface area contributed by atoms with Gasteiger partial charge in [-0.15, -0.1) is 0 Å². The molecule has 46 heavy (non-hydrogen) atoms. The van der Waals surface area contributed by atoms with Crippen LogP contribution in [0.5, 0.6) is 0 Å². The van der Waals surface area contributed by atoms with Crippen molar-refractivity contribution in [2.45, 2.75) is 9.79 Å². The van der Waals surface area contributed by atoms with Crippen LogP contribution in [0.15, 0.2) is 122 Å². The Kier molecular flexibility index (Phi) is 7.64. The Morgan fingerprint density at radius 2 is 1.48 bits per heavy atom. The molecule has 0 spiro atoms. The molecule has 0 aliphatic heterocycles. The van der Waals surface area contributed by atoms with Gasteiger partial charge in [0.1, 0.15) is 16.5 Å². The number of nitriles is 1. The molecule has 0 fully saturated rings. The molecule has 15 heteroatoms. The Morgan fingerprint density at radius 1 is 0.826 bits per heavy atom. The van der Waals surface area contributed by atoms with Gasteiger partial charge in [-0.1, -0.05) is 42.5 Å². The molecule has 6 rings (SSSR count). The predicted molar refractivity (Wildman–Crippen MR) is 169 cm³/mol. The fraction of sp³-hybridized carbons (Fsp3) is 0. The number of rotatable bonds is 7. The van der Waals surface area contributed by atoms with Gasteiger partial charge in [-0.3, -0.25) is 18.3 Å². The minimum Gasteiger partial charge on any atom is -0.360 e. The van der Waals surface area contributed by atoms with Crippen molar-refractivity contribution in [1.29, 1.82) is 5.26 Å². The average Bonchev–Trinajstić information content (AvgIpc) is 3.43. The normalized spacial score (nSPS) is 12.6. The van der Waals surface area contributed by atoms with E-state index in [1.54, 1.807) is 54.6 Å². The van der Waals surface area contributed by atoms with Crippen molar-refractivity contribution < 1.29 is 25.9 Å². The van der Waals surface area contributed by atoms with E-state index >= 15 is 0 Å². The molecule has 228 valence electrons. The largest absolute Gasteiger partial charge is 0.360 e. The van der Waals surface area contributed by atoms with Gasteiger partial charge < -0.3 is 5.32 Å². The highest BCUT2D eigenvalue weighted by atomic mass is 32.2. The number of azo groups is 1. The lowest BCUT2D eigenvalue weighted by Gasteiger charge is -2.10. The van der Waals surface area contributed by atoms with Crippen LogP contribution < -0.4 is 16.1 Å². The van der Waals surface area contributed by atoms with Crippen LogP contribution in [-0.2, 0) is 20.2 Å². The van der Waals surface area contributed by atoms with Crippen molar-refractivity contribution >= 4 is 60.2 Å². The van der Waals surface area contributed by atoms with Gasteiger partial charge in [0.05, 0.1) is 38.2 Å². The van der Waals surface area contributed by atoms with Gasteiger partial charge >= 0.3 is 0 Å². The summed E-state index contributed by atoms with van der Waals surface area (Å²) in [4.78, 5) is 17.6. The minimum absolute atomic E-state index is 0.0181. The fourth-order valence-electron chi connectivity index (χ4n) is 4.87. The molecular formula is C31H20N6O7S2. The number of nitrogens with zero attached hydrogens (tertiary/aromatic N) is 5. The maximum Gasteiger partial charge on any atom is 0.296 e. The van der Waals surface area contributed by atoms with Crippen LogP contribution in [0, 0.1) is 11.3 Å². The van der Waals surface area contributed by atoms with E-state index in [-0.39, 0.29) is 44.0 Å². The maximum absolute atomic E-state index is 14.0. The fourth-order valence-corrected chi connectivity index (χ4v) is 6.03. The molecule has 0 saturated heterocycles. The molecule has 0 unspecified atom stereocenters. The summed E-state index contributed by atoms with van der Waals surface area (Å²) in [5.74, 6) is 0. The van der Waals surface area contributed by atoms with Crippen molar-refractivity contribution in [1.82, 2.24) is 9.38 Å². The van der Waals surface area contributed by atoms with Crippen LogP contribution in [0.3, 0.4) is 0 Å². The standard InChI is InChI=1S/C31H20N6O7S2/c32-17-23-29(19-6-2-1-3-7-19)24(31(38)37-27-9-5-4-8-25(27)34-30(23)37)18-33-26-15-12-21(16-28(26)46(42,43)44)36-35-20-10-13-22(14-11-20)45(39,40)41/h1-16,18,33H,(H,39,40,41)(H,42,43,44)/b24-18+,36-35-. The Morgan fingerprint density at radius 3 is 2.15 bits per heavy atom. The van der Waals surface area contributed by atoms with E-state index in [9.17, 15) is 31.4 Å². The minimum atomic E-state index is -4.83. The molecule has 0 aliphatic carbocycles. The Balaban J connectivity index is 1.48. The van der Waals surface area contributed by atoms with Gasteiger partial charge in [-0.2, -0.15) is 32.3 Å². The lowest BCUT2D eigenvalue weighted by molar-refractivity contribution is 0.481. The second-order valence-corrected chi connectivity index (χ2v) is 12.6. The monoisotopic (exact) mass is 652 g/mol. The average molecular weight is 653 g/mol. The van der Waals surface area contributed by atoms with E-state index in [0.29, 0.717) is 16.6 Å². The molecule has 3 N–H and O–H groups in total. The van der Waals surface area contributed by atoms with Crippen LogP contribution in [0.1, 0.15) is 5.56 Å². The highest BCUT2D eigenvalue weighted by Crippen LogP contribution is 2.29. The quantitative estimate of drug-likeness (QED) is 0.158.